The summed E-state index contributed by atoms with van der Waals surface area (Å²) in [6, 6.07) is 8.08. The van der Waals surface area contributed by atoms with Crippen molar-refractivity contribution in [2.75, 3.05) is 13.1 Å². The third-order valence-corrected chi connectivity index (χ3v) is 3.52. The number of hydrogen-bond donors (Lipinski definition) is 2. The first kappa shape index (κ1) is 13.6. The Morgan fingerprint density at radius 3 is 1.42 bits per heavy atom. The Hall–Kier alpha value is -1.78. The Labute approximate surface area is 113 Å². The second-order valence-electron chi connectivity index (χ2n) is 4.97. The summed E-state index contributed by atoms with van der Waals surface area (Å²) in [4.78, 5) is 8.08. The molecule has 0 saturated heterocycles. The molecule has 0 amide bonds. The van der Waals surface area contributed by atoms with Crippen LogP contribution in [0.25, 0.3) is 0 Å². The van der Waals surface area contributed by atoms with Crippen molar-refractivity contribution < 1.29 is 0 Å². The molecule has 0 bridgehead atoms. The Morgan fingerprint density at radius 1 is 0.737 bits per heavy atom. The van der Waals surface area contributed by atoms with Crippen LogP contribution in [0.15, 0.2) is 49.1 Å². The van der Waals surface area contributed by atoms with Gasteiger partial charge < -0.3 is 11.5 Å². The van der Waals surface area contributed by atoms with Gasteiger partial charge in [0.05, 0.1) is 0 Å². The van der Waals surface area contributed by atoms with Crippen molar-refractivity contribution in [2.24, 2.45) is 16.9 Å². The molecule has 2 aromatic rings. The van der Waals surface area contributed by atoms with E-state index in [9.17, 15) is 0 Å². The first-order valence-electron chi connectivity index (χ1n) is 6.46. The summed E-state index contributed by atoms with van der Waals surface area (Å²) >= 11 is 0. The highest BCUT2D eigenvalue weighted by Gasteiger charge is 2.27. The largest absolute Gasteiger partial charge is 0.330 e. The zero-order chi connectivity index (χ0) is 13.6. The first-order valence-corrected chi connectivity index (χ1v) is 6.46. The molecular weight excluding hydrogens is 236 g/mol. The van der Waals surface area contributed by atoms with Crippen LogP contribution < -0.4 is 11.5 Å². The van der Waals surface area contributed by atoms with Crippen molar-refractivity contribution >= 4 is 0 Å². The molecule has 0 atom stereocenters. The van der Waals surface area contributed by atoms with Gasteiger partial charge in [-0.05, 0) is 61.3 Å². The molecule has 4 heteroatoms. The van der Waals surface area contributed by atoms with Crippen LogP contribution in [0, 0.1) is 5.41 Å². The topological polar surface area (TPSA) is 77.8 Å². The number of hydrogen-bond acceptors (Lipinski definition) is 4. The number of nitrogens with zero attached hydrogens (tertiary/aromatic N) is 2. The van der Waals surface area contributed by atoms with Gasteiger partial charge in [0.2, 0.25) is 0 Å². The second-order valence-corrected chi connectivity index (χ2v) is 4.97. The van der Waals surface area contributed by atoms with E-state index in [0.717, 1.165) is 12.8 Å². The summed E-state index contributed by atoms with van der Waals surface area (Å²) in [6.07, 6.45) is 8.95. The van der Waals surface area contributed by atoms with E-state index in [-0.39, 0.29) is 5.41 Å². The maximum absolute atomic E-state index is 6.00. The van der Waals surface area contributed by atoms with E-state index in [1.165, 1.54) is 11.1 Å². The fourth-order valence-electron chi connectivity index (χ4n) is 2.30. The molecule has 4 nitrogen and oxygen atoms in total. The summed E-state index contributed by atoms with van der Waals surface area (Å²) in [6.45, 7) is 1.13. The molecule has 0 spiro atoms. The maximum atomic E-state index is 6.00. The number of pyridine rings is 2. The zero-order valence-corrected chi connectivity index (χ0v) is 11.0. The Bertz CT molecular complexity index is 437. The van der Waals surface area contributed by atoms with Crippen molar-refractivity contribution in [3.8, 4) is 0 Å². The summed E-state index contributed by atoms with van der Waals surface area (Å²) in [5.74, 6) is 0. The molecule has 0 fully saturated rings. The molecule has 19 heavy (non-hydrogen) atoms. The molecule has 0 saturated carbocycles. The maximum Gasteiger partial charge on any atom is 0.0270 e. The fraction of sp³-hybridized carbons (Fsp3) is 0.333. The molecule has 2 rings (SSSR count). The Kier molecular flexibility index (Phi) is 4.60. The third-order valence-electron chi connectivity index (χ3n) is 3.52. The standard InChI is InChI=1S/C15H20N4/c16-11-15(12-17,9-13-1-5-18-6-2-13)10-14-3-7-19-8-4-14/h1-8H,9-12,16-17H2. The van der Waals surface area contributed by atoms with Gasteiger partial charge >= 0.3 is 0 Å². The van der Waals surface area contributed by atoms with Gasteiger partial charge in [-0.25, -0.2) is 0 Å². The Morgan fingerprint density at radius 2 is 1.11 bits per heavy atom. The number of nitrogens with two attached hydrogens (primary N) is 2. The molecule has 0 aromatic carbocycles. The lowest BCUT2D eigenvalue weighted by Gasteiger charge is -2.31. The lowest BCUT2D eigenvalue weighted by molar-refractivity contribution is 0.304. The van der Waals surface area contributed by atoms with Gasteiger partial charge in [0.25, 0.3) is 0 Å². The molecule has 2 heterocycles. The van der Waals surface area contributed by atoms with Gasteiger partial charge in [0.15, 0.2) is 0 Å². The highest BCUT2D eigenvalue weighted by atomic mass is 14.7. The van der Waals surface area contributed by atoms with Crippen LogP contribution in [0.3, 0.4) is 0 Å². The van der Waals surface area contributed by atoms with Crippen LogP contribution in [0.5, 0.6) is 0 Å². The van der Waals surface area contributed by atoms with E-state index >= 15 is 0 Å². The van der Waals surface area contributed by atoms with E-state index in [1.807, 2.05) is 24.3 Å². The predicted molar refractivity (Wildman–Crippen MR) is 76.4 cm³/mol. The quantitative estimate of drug-likeness (QED) is 0.813. The Balaban J connectivity index is 2.18. The van der Waals surface area contributed by atoms with E-state index in [0.29, 0.717) is 13.1 Å². The normalized spacial score (nSPS) is 11.5. The summed E-state index contributed by atoms with van der Waals surface area (Å²) in [5.41, 5.74) is 14.3. The number of rotatable bonds is 6. The van der Waals surface area contributed by atoms with Crippen molar-refractivity contribution in [3.05, 3.63) is 60.2 Å². The van der Waals surface area contributed by atoms with Crippen LogP contribution in [-0.2, 0) is 12.8 Å². The van der Waals surface area contributed by atoms with Gasteiger partial charge in [-0.15, -0.1) is 0 Å². The van der Waals surface area contributed by atoms with Gasteiger partial charge in [-0.3, -0.25) is 9.97 Å². The first-order chi connectivity index (χ1) is 9.28. The van der Waals surface area contributed by atoms with Crippen molar-refractivity contribution in [2.45, 2.75) is 12.8 Å². The van der Waals surface area contributed by atoms with E-state index in [1.54, 1.807) is 24.8 Å². The number of aromatic nitrogens is 2. The average molecular weight is 256 g/mol. The molecule has 0 aliphatic heterocycles. The monoisotopic (exact) mass is 256 g/mol. The molecule has 4 N–H and O–H groups in total. The second kappa shape index (κ2) is 6.41. The lowest BCUT2D eigenvalue weighted by atomic mass is 9.77. The smallest absolute Gasteiger partial charge is 0.0270 e. The van der Waals surface area contributed by atoms with E-state index < -0.39 is 0 Å². The predicted octanol–water partition coefficient (Wildman–Crippen LogP) is 1.17. The van der Waals surface area contributed by atoms with Gasteiger partial charge in [0.1, 0.15) is 0 Å². The highest BCUT2D eigenvalue weighted by molar-refractivity contribution is 5.18. The van der Waals surface area contributed by atoms with Crippen molar-refractivity contribution in [1.82, 2.24) is 9.97 Å². The van der Waals surface area contributed by atoms with Gasteiger partial charge in [-0.1, -0.05) is 0 Å². The fourth-order valence-corrected chi connectivity index (χ4v) is 2.30. The van der Waals surface area contributed by atoms with Crippen LogP contribution in [0.1, 0.15) is 11.1 Å². The minimum atomic E-state index is -0.108. The van der Waals surface area contributed by atoms with Gasteiger partial charge in [0, 0.05) is 30.2 Å². The summed E-state index contributed by atoms with van der Waals surface area (Å²) in [7, 11) is 0. The molecule has 0 aliphatic carbocycles. The van der Waals surface area contributed by atoms with Crippen LogP contribution in [0.2, 0.25) is 0 Å². The molecule has 100 valence electrons. The molecule has 0 radical (unpaired) electrons. The molecule has 0 unspecified atom stereocenters. The summed E-state index contributed by atoms with van der Waals surface area (Å²) in [5, 5.41) is 0. The summed E-state index contributed by atoms with van der Waals surface area (Å²) < 4.78 is 0. The van der Waals surface area contributed by atoms with Crippen LogP contribution in [0.4, 0.5) is 0 Å². The lowest BCUT2D eigenvalue weighted by Crippen LogP contribution is -2.41. The minimum Gasteiger partial charge on any atom is -0.330 e. The minimum absolute atomic E-state index is 0.108. The van der Waals surface area contributed by atoms with Gasteiger partial charge in [-0.2, -0.15) is 0 Å². The average Bonchev–Trinajstić information content (AvgIpc) is 2.48. The molecule has 0 aliphatic rings. The highest BCUT2D eigenvalue weighted by Crippen LogP contribution is 2.25. The van der Waals surface area contributed by atoms with Crippen LogP contribution in [-0.4, -0.2) is 23.1 Å². The zero-order valence-electron chi connectivity index (χ0n) is 11.0. The molecular formula is C15H20N4. The van der Waals surface area contributed by atoms with E-state index in [4.69, 9.17) is 11.5 Å². The van der Waals surface area contributed by atoms with E-state index in [2.05, 4.69) is 9.97 Å². The molecule has 2 aromatic heterocycles. The van der Waals surface area contributed by atoms with Crippen molar-refractivity contribution in [1.29, 1.82) is 0 Å². The van der Waals surface area contributed by atoms with Crippen molar-refractivity contribution in [3.63, 3.8) is 0 Å². The SMILES string of the molecule is NCC(CN)(Cc1ccncc1)Cc1ccncc1. The third kappa shape index (κ3) is 3.59. The van der Waals surface area contributed by atoms with Crippen LogP contribution >= 0.6 is 0 Å².